The normalized spacial score (nSPS) is 10.6. The predicted molar refractivity (Wildman–Crippen MR) is 58.8 cm³/mol. The summed E-state index contributed by atoms with van der Waals surface area (Å²) in [5.74, 6) is 1.32. The smallest absolute Gasteiger partial charge is 0.240 e. The molecule has 0 fully saturated rings. The molecule has 0 aliphatic carbocycles. The second-order valence-electron chi connectivity index (χ2n) is 3.34. The minimum atomic E-state index is 0.222. The van der Waals surface area contributed by atoms with Gasteiger partial charge in [0.05, 0.1) is 6.54 Å². The third kappa shape index (κ3) is 2.38. The van der Waals surface area contributed by atoms with E-state index in [1.807, 2.05) is 6.92 Å². The molecule has 0 amide bonds. The summed E-state index contributed by atoms with van der Waals surface area (Å²) in [6.45, 7) is 3.44. The maximum Gasteiger partial charge on any atom is 0.240 e. The zero-order chi connectivity index (χ0) is 11.4. The van der Waals surface area contributed by atoms with Gasteiger partial charge in [0, 0.05) is 5.56 Å². The molecule has 0 bridgehead atoms. The molecule has 5 heteroatoms. The largest absolute Gasteiger partial charge is 0.508 e. The summed E-state index contributed by atoms with van der Waals surface area (Å²) in [4.78, 5) is 4.23. The highest BCUT2D eigenvalue weighted by atomic mass is 16.5. The number of phenolic OH excluding ortho intramolecular Hbond substituents is 1. The van der Waals surface area contributed by atoms with Crippen molar-refractivity contribution in [3.8, 4) is 17.1 Å². The third-order valence-electron chi connectivity index (χ3n) is 2.12. The Morgan fingerprint density at radius 2 is 2.06 bits per heavy atom. The summed E-state index contributed by atoms with van der Waals surface area (Å²) in [7, 11) is 0. The summed E-state index contributed by atoms with van der Waals surface area (Å²) >= 11 is 0. The molecular formula is C11H13N3O2. The van der Waals surface area contributed by atoms with E-state index in [4.69, 9.17) is 9.63 Å². The molecule has 0 saturated heterocycles. The van der Waals surface area contributed by atoms with Crippen LogP contribution in [-0.2, 0) is 6.54 Å². The van der Waals surface area contributed by atoms with Crippen molar-refractivity contribution in [1.82, 2.24) is 15.5 Å². The molecule has 0 saturated carbocycles. The van der Waals surface area contributed by atoms with Crippen molar-refractivity contribution in [2.75, 3.05) is 6.54 Å². The second kappa shape index (κ2) is 4.76. The molecule has 2 N–H and O–H groups in total. The molecule has 0 aliphatic rings. The van der Waals surface area contributed by atoms with Crippen LogP contribution in [0, 0.1) is 0 Å². The predicted octanol–water partition coefficient (Wildman–Crippen LogP) is 1.55. The molecule has 1 aromatic carbocycles. The van der Waals surface area contributed by atoms with Gasteiger partial charge in [-0.3, -0.25) is 0 Å². The van der Waals surface area contributed by atoms with Gasteiger partial charge in [-0.15, -0.1) is 0 Å². The van der Waals surface area contributed by atoms with Gasteiger partial charge in [0.2, 0.25) is 11.7 Å². The minimum Gasteiger partial charge on any atom is -0.508 e. The van der Waals surface area contributed by atoms with E-state index in [2.05, 4.69) is 15.5 Å². The lowest BCUT2D eigenvalue weighted by atomic mass is 10.2. The summed E-state index contributed by atoms with van der Waals surface area (Å²) in [6, 6.07) is 6.68. The molecule has 0 aliphatic heterocycles. The van der Waals surface area contributed by atoms with E-state index in [0.717, 1.165) is 12.1 Å². The number of benzene rings is 1. The Kier molecular flexibility index (Phi) is 3.16. The van der Waals surface area contributed by atoms with Crippen LogP contribution in [0.5, 0.6) is 5.75 Å². The minimum absolute atomic E-state index is 0.222. The lowest BCUT2D eigenvalue weighted by molar-refractivity contribution is 0.369. The van der Waals surface area contributed by atoms with Crippen molar-refractivity contribution in [1.29, 1.82) is 0 Å². The fourth-order valence-corrected chi connectivity index (χ4v) is 1.29. The molecule has 5 nitrogen and oxygen atoms in total. The first-order valence-corrected chi connectivity index (χ1v) is 5.12. The Hall–Kier alpha value is -1.88. The van der Waals surface area contributed by atoms with Crippen LogP contribution in [0.1, 0.15) is 12.8 Å². The molecule has 1 heterocycles. The van der Waals surface area contributed by atoms with Crippen LogP contribution in [0.2, 0.25) is 0 Å². The van der Waals surface area contributed by atoms with Gasteiger partial charge in [-0.05, 0) is 30.8 Å². The Bertz CT molecular complexity index is 451. The van der Waals surface area contributed by atoms with E-state index in [9.17, 15) is 0 Å². The molecule has 0 atom stereocenters. The molecule has 2 rings (SSSR count). The molecule has 0 unspecified atom stereocenters. The van der Waals surface area contributed by atoms with Crippen LogP contribution < -0.4 is 5.32 Å². The van der Waals surface area contributed by atoms with Crippen LogP contribution in [0.3, 0.4) is 0 Å². The highest BCUT2D eigenvalue weighted by molar-refractivity contribution is 5.55. The number of aromatic hydroxyl groups is 1. The maximum absolute atomic E-state index is 9.15. The first kappa shape index (κ1) is 10.6. The van der Waals surface area contributed by atoms with Gasteiger partial charge in [0.25, 0.3) is 0 Å². The Labute approximate surface area is 93.1 Å². The van der Waals surface area contributed by atoms with Crippen molar-refractivity contribution in [2.45, 2.75) is 13.5 Å². The molecule has 0 radical (unpaired) electrons. The van der Waals surface area contributed by atoms with Crippen molar-refractivity contribution in [3.63, 3.8) is 0 Å². The standard InChI is InChI=1S/C11H13N3O2/c1-2-12-7-10-13-11(14-16-10)8-3-5-9(15)6-4-8/h3-6,12,15H,2,7H2,1H3. The first-order valence-electron chi connectivity index (χ1n) is 5.12. The monoisotopic (exact) mass is 219 g/mol. The zero-order valence-electron chi connectivity index (χ0n) is 8.97. The summed E-state index contributed by atoms with van der Waals surface area (Å²) in [5, 5.41) is 16.1. The van der Waals surface area contributed by atoms with Crippen LogP contribution in [0.4, 0.5) is 0 Å². The lowest BCUT2D eigenvalue weighted by Crippen LogP contribution is -2.11. The van der Waals surface area contributed by atoms with Crippen molar-refractivity contribution < 1.29 is 9.63 Å². The van der Waals surface area contributed by atoms with Crippen LogP contribution in [0.15, 0.2) is 28.8 Å². The van der Waals surface area contributed by atoms with Gasteiger partial charge in [-0.2, -0.15) is 4.98 Å². The summed E-state index contributed by atoms with van der Waals surface area (Å²) in [5.41, 5.74) is 0.823. The van der Waals surface area contributed by atoms with Gasteiger partial charge < -0.3 is 14.9 Å². The Balaban J connectivity index is 2.15. The highest BCUT2D eigenvalue weighted by Crippen LogP contribution is 2.18. The highest BCUT2D eigenvalue weighted by Gasteiger charge is 2.07. The van der Waals surface area contributed by atoms with Gasteiger partial charge in [-0.25, -0.2) is 0 Å². The number of hydrogen-bond donors (Lipinski definition) is 2. The average Bonchev–Trinajstić information content (AvgIpc) is 2.76. The quantitative estimate of drug-likeness (QED) is 0.816. The number of hydrogen-bond acceptors (Lipinski definition) is 5. The summed E-state index contributed by atoms with van der Waals surface area (Å²) in [6.07, 6.45) is 0. The lowest BCUT2D eigenvalue weighted by Gasteiger charge is -1.94. The van der Waals surface area contributed by atoms with Crippen LogP contribution in [-0.4, -0.2) is 21.8 Å². The van der Waals surface area contributed by atoms with Crippen LogP contribution in [0.25, 0.3) is 11.4 Å². The van der Waals surface area contributed by atoms with Crippen LogP contribution >= 0.6 is 0 Å². The Morgan fingerprint density at radius 1 is 1.31 bits per heavy atom. The van der Waals surface area contributed by atoms with Crippen molar-refractivity contribution in [2.24, 2.45) is 0 Å². The van der Waals surface area contributed by atoms with Gasteiger partial charge >= 0.3 is 0 Å². The second-order valence-corrected chi connectivity index (χ2v) is 3.34. The topological polar surface area (TPSA) is 71.2 Å². The van der Waals surface area contributed by atoms with Crippen molar-refractivity contribution >= 4 is 0 Å². The molecule has 84 valence electrons. The number of nitrogens with one attached hydrogen (secondary N) is 1. The molecule has 2 aromatic rings. The molecular weight excluding hydrogens is 206 g/mol. The number of rotatable bonds is 4. The van der Waals surface area contributed by atoms with Gasteiger partial charge in [0.15, 0.2) is 0 Å². The third-order valence-corrected chi connectivity index (χ3v) is 2.12. The van der Waals surface area contributed by atoms with Gasteiger partial charge in [0.1, 0.15) is 5.75 Å². The van der Waals surface area contributed by atoms with E-state index in [0.29, 0.717) is 18.3 Å². The van der Waals surface area contributed by atoms with E-state index >= 15 is 0 Å². The maximum atomic E-state index is 9.15. The average molecular weight is 219 g/mol. The Morgan fingerprint density at radius 3 is 2.75 bits per heavy atom. The van der Waals surface area contributed by atoms with Gasteiger partial charge in [-0.1, -0.05) is 12.1 Å². The number of phenols is 1. The molecule has 1 aromatic heterocycles. The number of aromatic nitrogens is 2. The van der Waals surface area contributed by atoms with E-state index in [-0.39, 0.29) is 5.75 Å². The van der Waals surface area contributed by atoms with Crippen molar-refractivity contribution in [3.05, 3.63) is 30.2 Å². The SMILES string of the molecule is CCNCc1nc(-c2ccc(O)cc2)no1. The van der Waals surface area contributed by atoms with E-state index in [1.54, 1.807) is 24.3 Å². The zero-order valence-corrected chi connectivity index (χ0v) is 8.97. The van der Waals surface area contributed by atoms with E-state index < -0.39 is 0 Å². The first-order chi connectivity index (χ1) is 7.79. The van der Waals surface area contributed by atoms with E-state index in [1.165, 1.54) is 0 Å². The number of nitrogens with zero attached hydrogens (tertiary/aromatic N) is 2. The molecule has 16 heavy (non-hydrogen) atoms. The fourth-order valence-electron chi connectivity index (χ4n) is 1.29. The molecule has 0 spiro atoms. The summed E-state index contributed by atoms with van der Waals surface area (Å²) < 4.78 is 5.07. The fraction of sp³-hybridized carbons (Fsp3) is 0.273.